The Labute approximate surface area is 116 Å². The molecule has 0 saturated heterocycles. The largest absolute Gasteiger partial charge is 0.402 e. The average molecular weight is 334 g/mol. The number of carbonyl (C=O) groups is 1. The van der Waals surface area contributed by atoms with Crippen LogP contribution in [-0.4, -0.2) is 26.9 Å². The minimum atomic E-state index is -4.76. The SMILES string of the molecule is CC(=O)c1cc(S(=O)(=O)NCC(F)(F)F)c(Cl)cc1F. The van der Waals surface area contributed by atoms with Gasteiger partial charge in [0.05, 0.1) is 10.6 Å². The van der Waals surface area contributed by atoms with Gasteiger partial charge in [-0.2, -0.15) is 13.2 Å². The third-order valence-electron chi connectivity index (χ3n) is 2.15. The van der Waals surface area contributed by atoms with Crippen LogP contribution < -0.4 is 4.72 Å². The first-order chi connectivity index (χ1) is 8.94. The Morgan fingerprint density at radius 2 is 1.90 bits per heavy atom. The van der Waals surface area contributed by atoms with Gasteiger partial charge in [0.15, 0.2) is 5.78 Å². The predicted octanol–water partition coefficient (Wildman–Crippen LogP) is 2.52. The van der Waals surface area contributed by atoms with Gasteiger partial charge in [0.2, 0.25) is 10.0 Å². The number of carbonyl (C=O) groups excluding carboxylic acids is 1. The van der Waals surface area contributed by atoms with E-state index in [0.717, 1.165) is 6.92 Å². The molecule has 1 aromatic carbocycles. The Morgan fingerprint density at radius 3 is 2.35 bits per heavy atom. The van der Waals surface area contributed by atoms with Crippen molar-refractivity contribution in [3.8, 4) is 0 Å². The highest BCUT2D eigenvalue weighted by Crippen LogP contribution is 2.26. The second kappa shape index (κ2) is 5.66. The summed E-state index contributed by atoms with van der Waals surface area (Å²) >= 11 is 5.49. The second-order valence-electron chi connectivity index (χ2n) is 3.76. The number of hydrogen-bond acceptors (Lipinski definition) is 3. The third kappa shape index (κ3) is 4.15. The molecule has 0 saturated carbocycles. The van der Waals surface area contributed by atoms with Crippen molar-refractivity contribution in [3.63, 3.8) is 0 Å². The Kier molecular flexibility index (Phi) is 4.78. The van der Waals surface area contributed by atoms with Crippen molar-refractivity contribution < 1.29 is 30.8 Å². The zero-order valence-electron chi connectivity index (χ0n) is 9.88. The molecule has 1 aromatic rings. The maximum Gasteiger partial charge on any atom is 0.402 e. The minimum absolute atomic E-state index is 0.556. The van der Waals surface area contributed by atoms with Crippen LogP contribution in [-0.2, 0) is 10.0 Å². The van der Waals surface area contributed by atoms with Crippen LogP contribution in [0.15, 0.2) is 17.0 Å². The van der Waals surface area contributed by atoms with Crippen LogP contribution in [0.4, 0.5) is 17.6 Å². The molecule has 0 heterocycles. The molecule has 0 radical (unpaired) electrons. The molecular weight excluding hydrogens is 326 g/mol. The molecule has 0 atom stereocenters. The summed E-state index contributed by atoms with van der Waals surface area (Å²) in [6.07, 6.45) is -4.76. The van der Waals surface area contributed by atoms with E-state index in [2.05, 4.69) is 0 Å². The van der Waals surface area contributed by atoms with E-state index in [4.69, 9.17) is 11.6 Å². The van der Waals surface area contributed by atoms with Crippen molar-refractivity contribution in [2.24, 2.45) is 0 Å². The Balaban J connectivity index is 3.25. The maximum atomic E-state index is 13.3. The molecule has 20 heavy (non-hydrogen) atoms. The summed E-state index contributed by atoms with van der Waals surface area (Å²) in [5, 5.41) is -0.623. The first kappa shape index (κ1) is 16.9. The van der Waals surface area contributed by atoms with Crippen molar-refractivity contribution in [2.45, 2.75) is 18.0 Å². The molecule has 0 bridgehead atoms. The molecular formula is C10H8ClF4NO3S. The lowest BCUT2D eigenvalue weighted by atomic mass is 10.1. The van der Waals surface area contributed by atoms with Gasteiger partial charge in [0.25, 0.3) is 0 Å². The number of alkyl halides is 3. The van der Waals surface area contributed by atoms with Crippen molar-refractivity contribution >= 4 is 27.4 Å². The van der Waals surface area contributed by atoms with Crippen molar-refractivity contribution in [1.29, 1.82) is 0 Å². The number of rotatable bonds is 4. The molecule has 1 N–H and O–H groups in total. The Hall–Kier alpha value is -1.19. The smallest absolute Gasteiger partial charge is 0.294 e. The highest BCUT2D eigenvalue weighted by atomic mass is 35.5. The summed E-state index contributed by atoms with van der Waals surface area (Å²) in [5.41, 5.74) is -0.582. The fourth-order valence-electron chi connectivity index (χ4n) is 1.26. The Bertz CT molecular complexity index is 643. The molecule has 0 fully saturated rings. The van der Waals surface area contributed by atoms with Crippen LogP contribution in [0.1, 0.15) is 17.3 Å². The molecule has 4 nitrogen and oxygen atoms in total. The third-order valence-corrected chi connectivity index (χ3v) is 4.02. The lowest BCUT2D eigenvalue weighted by Crippen LogP contribution is -2.34. The predicted molar refractivity (Wildman–Crippen MR) is 62.7 cm³/mol. The monoisotopic (exact) mass is 333 g/mol. The van der Waals surface area contributed by atoms with Crippen molar-refractivity contribution in [2.75, 3.05) is 6.54 Å². The summed E-state index contributed by atoms with van der Waals surface area (Å²) in [6.45, 7) is -0.829. The zero-order chi connectivity index (χ0) is 15.7. The lowest BCUT2D eigenvalue weighted by molar-refractivity contribution is -0.121. The number of halogens is 5. The molecule has 10 heteroatoms. The summed E-state index contributed by atoms with van der Waals surface area (Å²) in [4.78, 5) is 10.3. The number of sulfonamides is 1. The van der Waals surface area contributed by atoms with Gasteiger partial charge in [-0.15, -0.1) is 0 Å². The van der Waals surface area contributed by atoms with Crippen LogP contribution in [0.2, 0.25) is 5.02 Å². The van der Waals surface area contributed by atoms with Crippen LogP contribution >= 0.6 is 11.6 Å². The van der Waals surface area contributed by atoms with Gasteiger partial charge in [0.1, 0.15) is 17.3 Å². The molecule has 0 amide bonds. The van der Waals surface area contributed by atoms with E-state index in [-0.39, 0.29) is 0 Å². The summed E-state index contributed by atoms with van der Waals surface area (Å²) in [7, 11) is -4.62. The highest BCUT2D eigenvalue weighted by molar-refractivity contribution is 7.89. The van der Waals surface area contributed by atoms with Crippen molar-refractivity contribution in [1.82, 2.24) is 4.72 Å². The summed E-state index contributed by atoms with van der Waals surface area (Å²) in [5.74, 6) is -1.84. The van der Waals surface area contributed by atoms with Gasteiger partial charge in [-0.05, 0) is 19.1 Å². The van der Waals surface area contributed by atoms with Gasteiger partial charge in [-0.25, -0.2) is 17.5 Å². The number of benzene rings is 1. The van der Waals surface area contributed by atoms with E-state index < -0.39 is 49.8 Å². The van der Waals surface area contributed by atoms with E-state index in [1.807, 2.05) is 0 Å². The molecule has 0 aliphatic heterocycles. The summed E-state index contributed by atoms with van der Waals surface area (Å²) < 4.78 is 73.9. The van der Waals surface area contributed by atoms with Gasteiger partial charge >= 0.3 is 6.18 Å². The van der Waals surface area contributed by atoms with E-state index in [0.29, 0.717) is 12.1 Å². The van der Waals surface area contributed by atoms with Gasteiger partial charge in [-0.1, -0.05) is 11.6 Å². The molecule has 0 aromatic heterocycles. The molecule has 112 valence electrons. The van der Waals surface area contributed by atoms with Crippen LogP contribution in [0.3, 0.4) is 0 Å². The normalized spacial score (nSPS) is 12.5. The van der Waals surface area contributed by atoms with E-state index in [1.54, 1.807) is 0 Å². The molecule has 0 aliphatic carbocycles. The number of hydrogen-bond donors (Lipinski definition) is 1. The van der Waals surface area contributed by atoms with Crippen LogP contribution in [0.5, 0.6) is 0 Å². The van der Waals surface area contributed by atoms with Gasteiger partial charge in [-0.3, -0.25) is 4.79 Å². The first-order valence-corrected chi connectivity index (χ1v) is 6.86. The standard InChI is InChI=1S/C10H8ClF4NO3S/c1-5(17)6-2-9(7(11)3-8(6)12)20(18,19)16-4-10(13,14)15/h2-3,16H,4H2,1H3. The average Bonchev–Trinajstić information content (AvgIpc) is 2.24. The number of nitrogens with one attached hydrogen (secondary N) is 1. The van der Waals surface area contributed by atoms with E-state index >= 15 is 0 Å². The highest BCUT2D eigenvalue weighted by Gasteiger charge is 2.31. The molecule has 1 rings (SSSR count). The summed E-state index contributed by atoms with van der Waals surface area (Å²) in [6, 6.07) is 1.15. The second-order valence-corrected chi connectivity index (χ2v) is 5.90. The van der Waals surface area contributed by atoms with Gasteiger partial charge in [0, 0.05) is 0 Å². The zero-order valence-corrected chi connectivity index (χ0v) is 11.5. The number of ketones is 1. The topological polar surface area (TPSA) is 63.2 Å². The fourth-order valence-corrected chi connectivity index (χ4v) is 2.81. The molecule has 0 spiro atoms. The Morgan fingerprint density at radius 1 is 1.35 bits per heavy atom. The van der Waals surface area contributed by atoms with E-state index in [9.17, 15) is 30.8 Å². The minimum Gasteiger partial charge on any atom is -0.294 e. The number of Topliss-reactive ketones (excluding diaryl/α,β-unsaturated/α-hetero) is 1. The van der Waals surface area contributed by atoms with E-state index in [1.165, 1.54) is 4.72 Å². The fraction of sp³-hybridized carbons (Fsp3) is 0.300. The molecule has 0 unspecified atom stereocenters. The quantitative estimate of drug-likeness (QED) is 0.680. The van der Waals surface area contributed by atoms with Crippen molar-refractivity contribution in [3.05, 3.63) is 28.5 Å². The van der Waals surface area contributed by atoms with Crippen LogP contribution in [0, 0.1) is 5.82 Å². The first-order valence-electron chi connectivity index (χ1n) is 5.00. The van der Waals surface area contributed by atoms with Gasteiger partial charge < -0.3 is 0 Å². The maximum absolute atomic E-state index is 13.3. The van der Waals surface area contributed by atoms with Crippen LogP contribution in [0.25, 0.3) is 0 Å². The molecule has 0 aliphatic rings. The lowest BCUT2D eigenvalue weighted by Gasteiger charge is -2.11.